The minimum Gasteiger partial charge on any atom is -0.478 e. The summed E-state index contributed by atoms with van der Waals surface area (Å²) < 4.78 is 5.24. The van der Waals surface area contributed by atoms with E-state index in [1.54, 1.807) is 18.2 Å². The number of carboxylic acid groups (broad SMARTS) is 1. The number of rotatable bonds is 3. The number of nitrogens with zero attached hydrogens (tertiary/aromatic N) is 2. The van der Waals surface area contributed by atoms with E-state index in [4.69, 9.17) is 32.7 Å². The molecule has 1 aromatic heterocycles. The van der Waals surface area contributed by atoms with Gasteiger partial charge in [0.25, 0.3) is 0 Å². The Morgan fingerprint density at radius 1 is 1.28 bits per heavy atom. The highest BCUT2D eigenvalue weighted by Crippen LogP contribution is 2.27. The van der Waals surface area contributed by atoms with Crippen molar-refractivity contribution in [3.63, 3.8) is 0 Å². The Bertz CT molecular complexity index is 623. The summed E-state index contributed by atoms with van der Waals surface area (Å²) in [6.45, 7) is 0. The summed E-state index contributed by atoms with van der Waals surface area (Å²) >= 11 is 11.6. The van der Waals surface area contributed by atoms with Crippen molar-refractivity contribution in [3.8, 4) is 11.5 Å². The molecule has 0 saturated carbocycles. The van der Waals surface area contributed by atoms with Gasteiger partial charge in [-0.1, -0.05) is 23.2 Å². The second kappa shape index (κ2) is 5.20. The van der Waals surface area contributed by atoms with Gasteiger partial charge in [0.2, 0.25) is 11.8 Å². The molecule has 0 radical (unpaired) electrons. The lowest BCUT2D eigenvalue weighted by Gasteiger charge is -1.97. The molecule has 5 nitrogen and oxygen atoms in total. The first-order valence-corrected chi connectivity index (χ1v) is 5.52. The van der Waals surface area contributed by atoms with Gasteiger partial charge >= 0.3 is 5.97 Å². The number of carbonyl (C=O) groups is 1. The average molecular weight is 285 g/mol. The van der Waals surface area contributed by atoms with Gasteiger partial charge in [0.1, 0.15) is 0 Å². The average Bonchev–Trinajstić information content (AvgIpc) is 2.79. The number of aromatic nitrogens is 2. The Hall–Kier alpha value is -1.85. The van der Waals surface area contributed by atoms with Crippen molar-refractivity contribution in [2.75, 3.05) is 0 Å². The Labute approximate surface area is 112 Å². The molecule has 0 bridgehead atoms. The molecule has 1 aromatic carbocycles. The third-order valence-corrected chi connectivity index (χ3v) is 2.71. The van der Waals surface area contributed by atoms with E-state index in [0.717, 1.165) is 6.08 Å². The van der Waals surface area contributed by atoms with E-state index >= 15 is 0 Å². The molecule has 0 amide bonds. The number of carboxylic acids is 1. The molecule has 0 atom stereocenters. The first kappa shape index (κ1) is 12.6. The van der Waals surface area contributed by atoms with E-state index in [2.05, 4.69) is 10.2 Å². The number of hydrogen-bond acceptors (Lipinski definition) is 4. The van der Waals surface area contributed by atoms with Gasteiger partial charge in [-0.25, -0.2) is 4.79 Å². The molecule has 92 valence electrons. The van der Waals surface area contributed by atoms with Crippen LogP contribution in [0.3, 0.4) is 0 Å². The zero-order valence-electron chi connectivity index (χ0n) is 8.80. The van der Waals surface area contributed by atoms with Crippen molar-refractivity contribution < 1.29 is 14.3 Å². The molecule has 1 N–H and O–H groups in total. The number of aliphatic carboxylic acids is 1. The largest absolute Gasteiger partial charge is 0.478 e. The first-order chi connectivity index (χ1) is 8.56. The van der Waals surface area contributed by atoms with Crippen molar-refractivity contribution in [2.45, 2.75) is 0 Å². The molecule has 0 aliphatic carbocycles. The van der Waals surface area contributed by atoms with Gasteiger partial charge in [-0.05, 0) is 18.2 Å². The summed E-state index contributed by atoms with van der Waals surface area (Å²) in [6, 6.07) is 4.87. The maximum absolute atomic E-state index is 10.3. The summed E-state index contributed by atoms with van der Waals surface area (Å²) in [5.74, 6) is -0.763. The van der Waals surface area contributed by atoms with Gasteiger partial charge in [-0.2, -0.15) is 0 Å². The molecule has 7 heteroatoms. The van der Waals surface area contributed by atoms with Gasteiger partial charge in [0, 0.05) is 17.7 Å². The van der Waals surface area contributed by atoms with Crippen LogP contribution < -0.4 is 0 Å². The van der Waals surface area contributed by atoms with Crippen molar-refractivity contribution in [3.05, 3.63) is 40.2 Å². The normalized spacial score (nSPS) is 11.0. The highest BCUT2D eigenvalue weighted by Gasteiger charge is 2.08. The molecule has 0 spiro atoms. The quantitative estimate of drug-likeness (QED) is 0.876. The zero-order chi connectivity index (χ0) is 13.1. The Morgan fingerprint density at radius 3 is 2.72 bits per heavy atom. The van der Waals surface area contributed by atoms with E-state index in [0.29, 0.717) is 15.6 Å². The van der Waals surface area contributed by atoms with Crippen LogP contribution in [0.25, 0.3) is 17.5 Å². The van der Waals surface area contributed by atoms with Crippen LogP contribution in [0.2, 0.25) is 10.0 Å². The maximum Gasteiger partial charge on any atom is 0.328 e. The van der Waals surface area contributed by atoms with Crippen LogP contribution in [0.1, 0.15) is 5.89 Å². The topological polar surface area (TPSA) is 76.2 Å². The van der Waals surface area contributed by atoms with Crippen LogP contribution in [0.4, 0.5) is 0 Å². The van der Waals surface area contributed by atoms with Gasteiger partial charge in [-0.3, -0.25) is 0 Å². The monoisotopic (exact) mass is 284 g/mol. The van der Waals surface area contributed by atoms with Crippen molar-refractivity contribution in [2.24, 2.45) is 0 Å². The zero-order valence-corrected chi connectivity index (χ0v) is 10.3. The van der Waals surface area contributed by atoms with E-state index in [9.17, 15) is 4.79 Å². The van der Waals surface area contributed by atoms with E-state index in [-0.39, 0.29) is 11.8 Å². The molecular formula is C11H6Cl2N2O3. The van der Waals surface area contributed by atoms with Gasteiger partial charge < -0.3 is 9.52 Å². The number of hydrogen-bond donors (Lipinski definition) is 1. The van der Waals surface area contributed by atoms with Crippen molar-refractivity contribution in [1.29, 1.82) is 0 Å². The van der Waals surface area contributed by atoms with Gasteiger partial charge in [0.05, 0.1) is 10.0 Å². The standard InChI is InChI=1S/C11H6Cl2N2O3/c12-7-2-1-6(5-8(7)13)11-15-14-9(18-11)3-4-10(16)17/h1-5H,(H,16,17)/b4-3+. The minimum absolute atomic E-state index is 0.0958. The highest BCUT2D eigenvalue weighted by molar-refractivity contribution is 6.42. The van der Waals surface area contributed by atoms with Gasteiger partial charge in [0.15, 0.2) is 0 Å². The maximum atomic E-state index is 10.3. The van der Waals surface area contributed by atoms with Crippen molar-refractivity contribution >= 4 is 35.2 Å². The smallest absolute Gasteiger partial charge is 0.328 e. The SMILES string of the molecule is O=C(O)/C=C/c1nnc(-c2ccc(Cl)c(Cl)c2)o1. The lowest BCUT2D eigenvalue weighted by Crippen LogP contribution is -1.85. The van der Waals surface area contributed by atoms with E-state index in [1.807, 2.05) is 0 Å². The molecule has 18 heavy (non-hydrogen) atoms. The molecule has 2 aromatic rings. The van der Waals surface area contributed by atoms with Crippen LogP contribution in [0, 0.1) is 0 Å². The predicted molar refractivity (Wildman–Crippen MR) is 66.4 cm³/mol. The summed E-state index contributed by atoms with van der Waals surface area (Å²) in [5, 5.41) is 16.7. The number of benzene rings is 1. The summed E-state index contributed by atoms with van der Waals surface area (Å²) in [5.41, 5.74) is 0.604. The lowest BCUT2D eigenvalue weighted by molar-refractivity contribution is -0.131. The molecule has 0 aliphatic rings. The molecule has 1 heterocycles. The third-order valence-electron chi connectivity index (χ3n) is 1.98. The molecule has 0 saturated heterocycles. The van der Waals surface area contributed by atoms with Crippen LogP contribution >= 0.6 is 23.2 Å². The summed E-state index contributed by atoms with van der Waals surface area (Å²) in [7, 11) is 0. The fraction of sp³-hybridized carbons (Fsp3) is 0. The van der Waals surface area contributed by atoms with E-state index < -0.39 is 5.97 Å². The number of halogens is 2. The molecule has 0 aliphatic heterocycles. The van der Waals surface area contributed by atoms with Crippen LogP contribution in [-0.2, 0) is 4.79 Å². The fourth-order valence-electron chi connectivity index (χ4n) is 1.19. The van der Waals surface area contributed by atoms with E-state index in [1.165, 1.54) is 6.08 Å². The Balaban J connectivity index is 2.29. The van der Waals surface area contributed by atoms with Crippen molar-refractivity contribution in [1.82, 2.24) is 10.2 Å². The van der Waals surface area contributed by atoms with Gasteiger partial charge in [-0.15, -0.1) is 10.2 Å². The molecular weight excluding hydrogens is 279 g/mol. The lowest BCUT2D eigenvalue weighted by atomic mass is 10.2. The van der Waals surface area contributed by atoms with Crippen LogP contribution in [0.5, 0.6) is 0 Å². The predicted octanol–water partition coefficient (Wildman–Crippen LogP) is 3.14. The molecule has 0 unspecified atom stereocenters. The summed E-state index contributed by atoms with van der Waals surface area (Å²) in [6.07, 6.45) is 2.11. The second-order valence-corrected chi connectivity index (χ2v) is 4.06. The molecule has 0 fully saturated rings. The first-order valence-electron chi connectivity index (χ1n) is 4.76. The second-order valence-electron chi connectivity index (χ2n) is 3.25. The minimum atomic E-state index is -1.09. The van der Waals surface area contributed by atoms with Crippen LogP contribution in [0.15, 0.2) is 28.7 Å². The third kappa shape index (κ3) is 2.88. The summed E-state index contributed by atoms with van der Waals surface area (Å²) in [4.78, 5) is 10.3. The Kier molecular flexibility index (Phi) is 3.64. The fourth-order valence-corrected chi connectivity index (χ4v) is 1.49. The highest BCUT2D eigenvalue weighted by atomic mass is 35.5. The molecule has 2 rings (SSSR count). The Morgan fingerprint density at radius 2 is 2.06 bits per heavy atom. The van der Waals surface area contributed by atoms with Crippen LogP contribution in [-0.4, -0.2) is 21.3 Å².